The Hall–Kier alpha value is -0.583. The van der Waals surface area contributed by atoms with Crippen molar-refractivity contribution in [3.05, 3.63) is 23.2 Å². The van der Waals surface area contributed by atoms with Gasteiger partial charge in [0.1, 0.15) is 18.1 Å². The Balaban J connectivity index is 2.70. The van der Waals surface area contributed by atoms with Crippen molar-refractivity contribution in [2.24, 2.45) is 0 Å². The third-order valence-electron chi connectivity index (χ3n) is 3.60. The lowest BCUT2D eigenvalue weighted by molar-refractivity contribution is 0.216. The van der Waals surface area contributed by atoms with Gasteiger partial charge in [0.15, 0.2) is 8.32 Å². The summed E-state index contributed by atoms with van der Waals surface area (Å²) in [4.78, 5) is 0. The third kappa shape index (κ3) is 3.44. The highest BCUT2D eigenvalue weighted by Crippen LogP contribution is 2.37. The zero-order chi connectivity index (χ0) is 13.3. The van der Waals surface area contributed by atoms with Crippen LogP contribution in [0.4, 0.5) is 0 Å². The van der Waals surface area contributed by atoms with Crippen molar-refractivity contribution in [1.82, 2.24) is 0 Å². The highest BCUT2D eigenvalue weighted by atomic mass is 28.4. The average molecular weight is 256 g/mol. The summed E-state index contributed by atoms with van der Waals surface area (Å²) in [5.74, 6) is 1.44. The molecule has 0 saturated carbocycles. The number of hydrogen-bond acceptors (Lipinski definition) is 3. The molecule has 0 aliphatic rings. The zero-order valence-corrected chi connectivity index (χ0v) is 12.8. The highest BCUT2D eigenvalue weighted by Gasteiger charge is 2.37. The molecule has 0 aliphatic carbocycles. The summed E-state index contributed by atoms with van der Waals surface area (Å²) >= 11 is 0. The van der Waals surface area contributed by atoms with Gasteiger partial charge in [-0.2, -0.15) is 0 Å². The first-order valence-corrected chi connectivity index (χ1v) is 8.91. The molecule has 0 amide bonds. The summed E-state index contributed by atoms with van der Waals surface area (Å²) in [5, 5.41) is 9.21. The fourth-order valence-corrected chi connectivity index (χ4v) is 2.20. The van der Waals surface area contributed by atoms with E-state index in [9.17, 15) is 0 Å². The molecule has 0 unspecified atom stereocenters. The van der Waals surface area contributed by atoms with Crippen molar-refractivity contribution in [2.45, 2.75) is 59.0 Å². The average Bonchev–Trinajstić information content (AvgIpc) is 2.55. The van der Waals surface area contributed by atoms with Crippen LogP contribution in [0.15, 0.2) is 10.5 Å². The molecule has 0 aromatic carbocycles. The predicted molar refractivity (Wildman–Crippen MR) is 71.4 cm³/mol. The van der Waals surface area contributed by atoms with E-state index in [1.165, 1.54) is 0 Å². The van der Waals surface area contributed by atoms with Crippen LogP contribution < -0.4 is 0 Å². The van der Waals surface area contributed by atoms with Crippen LogP contribution in [-0.4, -0.2) is 13.4 Å². The third-order valence-corrected chi connectivity index (χ3v) is 8.08. The van der Waals surface area contributed by atoms with Gasteiger partial charge in [0.25, 0.3) is 0 Å². The molecule has 0 radical (unpaired) electrons. The predicted octanol–water partition coefficient (Wildman–Crippen LogP) is 3.60. The zero-order valence-electron chi connectivity index (χ0n) is 11.8. The molecule has 0 spiro atoms. The molecular weight excluding hydrogens is 232 g/mol. The summed E-state index contributed by atoms with van der Waals surface area (Å²) in [5.41, 5.74) is 1.05. The molecule has 1 N–H and O–H groups in total. The largest absolute Gasteiger partial charge is 0.461 e. The molecule has 3 nitrogen and oxygen atoms in total. The fourth-order valence-electron chi connectivity index (χ4n) is 1.27. The maximum Gasteiger partial charge on any atom is 0.192 e. The fraction of sp³-hybridized carbons (Fsp3) is 0.692. The number of aryl methyl sites for hydroxylation is 1. The summed E-state index contributed by atoms with van der Waals surface area (Å²) in [6.45, 7) is 13.5. The van der Waals surface area contributed by atoms with Crippen LogP contribution in [0.3, 0.4) is 0 Å². The highest BCUT2D eigenvalue weighted by molar-refractivity contribution is 6.74. The van der Waals surface area contributed by atoms with Gasteiger partial charge in [0, 0.05) is 0 Å². The monoisotopic (exact) mass is 256 g/mol. The second kappa shape index (κ2) is 4.96. The molecule has 1 rings (SSSR count). The van der Waals surface area contributed by atoms with Crippen molar-refractivity contribution in [1.29, 1.82) is 0 Å². The lowest BCUT2D eigenvalue weighted by Crippen LogP contribution is -2.40. The van der Waals surface area contributed by atoms with Crippen LogP contribution >= 0.6 is 0 Å². The standard InChI is InChI=1S/C13H24O3Si/c1-10-7-11(8-14)16-12(10)9-15-17(5,6)13(2,3)4/h7,14H,8-9H2,1-6H3. The SMILES string of the molecule is Cc1cc(CO)oc1CO[Si](C)(C)C(C)(C)C. The van der Waals surface area contributed by atoms with Gasteiger partial charge in [-0.25, -0.2) is 0 Å². The second-order valence-corrected chi connectivity index (χ2v) is 10.8. The second-order valence-electron chi connectivity index (χ2n) is 6.03. The van der Waals surface area contributed by atoms with Crippen LogP contribution in [0.5, 0.6) is 0 Å². The maximum atomic E-state index is 9.01. The van der Waals surface area contributed by atoms with E-state index in [4.69, 9.17) is 13.9 Å². The Bertz CT molecular complexity index is 375. The number of aliphatic hydroxyl groups excluding tert-OH is 1. The Kier molecular flexibility index (Phi) is 4.22. The first-order chi connectivity index (χ1) is 7.67. The molecular formula is C13H24O3Si. The first kappa shape index (κ1) is 14.5. The number of rotatable bonds is 4. The molecule has 17 heavy (non-hydrogen) atoms. The van der Waals surface area contributed by atoms with E-state index in [-0.39, 0.29) is 11.6 Å². The molecule has 0 aliphatic heterocycles. The Morgan fingerprint density at radius 2 is 1.94 bits per heavy atom. The number of hydrogen-bond donors (Lipinski definition) is 1. The van der Waals surface area contributed by atoms with Crippen molar-refractivity contribution < 1.29 is 13.9 Å². The lowest BCUT2D eigenvalue weighted by Gasteiger charge is -2.35. The Labute approximate surface area is 105 Å². The minimum atomic E-state index is -1.73. The molecule has 0 saturated heterocycles. The molecule has 1 aromatic rings. The molecule has 0 fully saturated rings. The van der Waals surface area contributed by atoms with E-state index in [2.05, 4.69) is 33.9 Å². The van der Waals surface area contributed by atoms with E-state index < -0.39 is 8.32 Å². The molecule has 1 heterocycles. The van der Waals surface area contributed by atoms with Gasteiger partial charge in [-0.3, -0.25) is 0 Å². The van der Waals surface area contributed by atoms with Gasteiger partial charge in [-0.15, -0.1) is 0 Å². The molecule has 0 atom stereocenters. The van der Waals surface area contributed by atoms with E-state index in [0.29, 0.717) is 12.4 Å². The molecule has 0 bridgehead atoms. The summed E-state index contributed by atoms with van der Waals surface area (Å²) in [6.07, 6.45) is 0. The van der Waals surface area contributed by atoms with Crippen molar-refractivity contribution >= 4 is 8.32 Å². The van der Waals surface area contributed by atoms with Crippen molar-refractivity contribution in [3.8, 4) is 0 Å². The minimum Gasteiger partial charge on any atom is -0.461 e. The van der Waals surface area contributed by atoms with Crippen molar-refractivity contribution in [2.75, 3.05) is 0 Å². The normalized spacial score (nSPS) is 13.1. The van der Waals surface area contributed by atoms with Crippen molar-refractivity contribution in [3.63, 3.8) is 0 Å². The van der Waals surface area contributed by atoms with Crippen LogP contribution in [-0.2, 0) is 17.6 Å². The van der Waals surface area contributed by atoms with Crippen LogP contribution in [0.2, 0.25) is 18.1 Å². The summed E-state index contributed by atoms with van der Waals surface area (Å²) < 4.78 is 11.6. The number of aliphatic hydroxyl groups is 1. The van der Waals surface area contributed by atoms with Crippen LogP contribution in [0.25, 0.3) is 0 Å². The summed E-state index contributed by atoms with van der Waals surface area (Å²) in [7, 11) is -1.73. The van der Waals surface area contributed by atoms with E-state index in [1.807, 2.05) is 13.0 Å². The van der Waals surface area contributed by atoms with E-state index >= 15 is 0 Å². The lowest BCUT2D eigenvalue weighted by atomic mass is 10.2. The van der Waals surface area contributed by atoms with E-state index in [1.54, 1.807) is 0 Å². The molecule has 1 aromatic heterocycles. The van der Waals surface area contributed by atoms with Gasteiger partial charge in [0.05, 0.1) is 6.61 Å². The summed E-state index contributed by atoms with van der Waals surface area (Å²) in [6, 6.07) is 1.87. The topological polar surface area (TPSA) is 42.6 Å². The molecule has 98 valence electrons. The number of furan rings is 1. The van der Waals surface area contributed by atoms with Gasteiger partial charge >= 0.3 is 0 Å². The maximum absolute atomic E-state index is 9.01. The van der Waals surface area contributed by atoms with E-state index in [0.717, 1.165) is 11.3 Å². The van der Waals surface area contributed by atoms with Gasteiger partial charge in [-0.05, 0) is 36.7 Å². The minimum absolute atomic E-state index is 0.0546. The quantitative estimate of drug-likeness (QED) is 0.837. The molecule has 4 heteroatoms. The van der Waals surface area contributed by atoms with Gasteiger partial charge in [0.2, 0.25) is 0 Å². The Morgan fingerprint density at radius 3 is 2.35 bits per heavy atom. The van der Waals surface area contributed by atoms with Crippen LogP contribution in [0.1, 0.15) is 37.9 Å². The Morgan fingerprint density at radius 1 is 1.35 bits per heavy atom. The first-order valence-electron chi connectivity index (χ1n) is 6.00. The smallest absolute Gasteiger partial charge is 0.192 e. The van der Waals surface area contributed by atoms with Gasteiger partial charge < -0.3 is 13.9 Å². The van der Waals surface area contributed by atoms with Gasteiger partial charge in [-0.1, -0.05) is 20.8 Å². The van der Waals surface area contributed by atoms with Crippen LogP contribution in [0, 0.1) is 6.92 Å².